The molecule has 2 aliphatic rings. The van der Waals surface area contributed by atoms with Gasteiger partial charge in [0.05, 0.1) is 0 Å². The van der Waals surface area contributed by atoms with Gasteiger partial charge in [0.1, 0.15) is 12.7 Å². The van der Waals surface area contributed by atoms with Gasteiger partial charge in [-0.25, -0.2) is 0 Å². The number of carbonyl (C=O) groups excluding carboxylic acids is 1. The molecule has 2 aliphatic heterocycles. The third kappa shape index (κ3) is 4.18. The molecule has 0 aromatic carbocycles. The highest BCUT2D eigenvalue weighted by Crippen LogP contribution is 2.15. The van der Waals surface area contributed by atoms with Crippen molar-refractivity contribution in [2.75, 3.05) is 45.9 Å². The fourth-order valence-corrected chi connectivity index (χ4v) is 2.47. The number of amides is 1. The van der Waals surface area contributed by atoms with E-state index >= 15 is 0 Å². The molecule has 1 unspecified atom stereocenters. The van der Waals surface area contributed by atoms with E-state index in [9.17, 15) is 4.79 Å². The molecule has 2 fully saturated rings. The Labute approximate surface area is 114 Å². The minimum absolute atomic E-state index is 0.170. The Morgan fingerprint density at radius 2 is 2.21 bits per heavy atom. The summed E-state index contributed by atoms with van der Waals surface area (Å²) in [5, 5.41) is 3.72. The van der Waals surface area contributed by atoms with E-state index in [0.717, 1.165) is 52.2 Å². The van der Waals surface area contributed by atoms with Crippen molar-refractivity contribution in [1.82, 2.24) is 9.80 Å². The van der Waals surface area contributed by atoms with E-state index in [0.29, 0.717) is 6.61 Å². The highest BCUT2D eigenvalue weighted by molar-refractivity contribution is 5.81. The van der Waals surface area contributed by atoms with Gasteiger partial charge in [-0.15, -0.1) is 0 Å². The summed E-state index contributed by atoms with van der Waals surface area (Å²) in [5.41, 5.74) is 0. The van der Waals surface area contributed by atoms with Crippen LogP contribution in [-0.2, 0) is 14.4 Å². The van der Waals surface area contributed by atoms with Crippen LogP contribution in [-0.4, -0.2) is 74.0 Å². The lowest BCUT2D eigenvalue weighted by Gasteiger charge is -2.35. The lowest BCUT2D eigenvalue weighted by atomic mass is 10.2. The molecular formula is C13H23N3O3. The summed E-state index contributed by atoms with van der Waals surface area (Å²) in [4.78, 5) is 21.4. The third-order valence-corrected chi connectivity index (χ3v) is 3.57. The lowest BCUT2D eigenvalue weighted by molar-refractivity contribution is -0.142. The van der Waals surface area contributed by atoms with Crippen molar-refractivity contribution >= 4 is 12.1 Å². The van der Waals surface area contributed by atoms with Gasteiger partial charge < -0.3 is 14.5 Å². The number of carbonyl (C=O) groups is 1. The molecule has 108 valence electrons. The van der Waals surface area contributed by atoms with Gasteiger partial charge in [-0.1, -0.05) is 5.16 Å². The van der Waals surface area contributed by atoms with Crippen LogP contribution in [0.2, 0.25) is 0 Å². The van der Waals surface area contributed by atoms with Gasteiger partial charge in [0.15, 0.2) is 0 Å². The summed E-state index contributed by atoms with van der Waals surface area (Å²) in [5.74, 6) is 0.170. The Morgan fingerprint density at radius 1 is 1.42 bits per heavy atom. The van der Waals surface area contributed by atoms with Crippen LogP contribution >= 0.6 is 0 Å². The van der Waals surface area contributed by atoms with E-state index in [2.05, 4.69) is 10.1 Å². The van der Waals surface area contributed by atoms with Gasteiger partial charge in [0.2, 0.25) is 0 Å². The molecule has 6 heteroatoms. The summed E-state index contributed by atoms with van der Waals surface area (Å²) in [7, 11) is 0. The Kier molecular flexibility index (Phi) is 5.60. The van der Waals surface area contributed by atoms with Crippen LogP contribution in [0, 0.1) is 0 Å². The maximum Gasteiger partial charge on any atom is 0.251 e. The van der Waals surface area contributed by atoms with E-state index in [1.807, 2.05) is 11.8 Å². The third-order valence-electron chi connectivity index (χ3n) is 3.57. The Bertz CT molecular complexity index is 308. The summed E-state index contributed by atoms with van der Waals surface area (Å²) < 4.78 is 5.45. The number of nitrogens with zero attached hydrogens (tertiary/aromatic N) is 3. The molecule has 19 heavy (non-hydrogen) atoms. The Hall–Kier alpha value is -1.14. The van der Waals surface area contributed by atoms with Crippen molar-refractivity contribution in [3.63, 3.8) is 0 Å². The first-order valence-electron chi connectivity index (χ1n) is 7.04. The van der Waals surface area contributed by atoms with Gasteiger partial charge >= 0.3 is 0 Å². The quantitative estimate of drug-likeness (QED) is 0.410. The monoisotopic (exact) mass is 269 g/mol. The second-order valence-electron chi connectivity index (χ2n) is 4.87. The molecule has 0 radical (unpaired) electrons. The van der Waals surface area contributed by atoms with Gasteiger partial charge in [0.25, 0.3) is 5.91 Å². The maximum absolute atomic E-state index is 12.1. The standard InChI is InChI=1S/C13H23N3O3/c1-2-14-19-11-9-15-5-7-16(8-6-15)13(17)12-4-3-10-18-12/h2,12H,3-11H2,1H3/b14-2+. The van der Waals surface area contributed by atoms with Crippen molar-refractivity contribution in [1.29, 1.82) is 0 Å². The average Bonchev–Trinajstić information content (AvgIpc) is 2.98. The zero-order valence-electron chi connectivity index (χ0n) is 11.6. The van der Waals surface area contributed by atoms with Crippen molar-refractivity contribution in [3.05, 3.63) is 0 Å². The molecule has 0 aromatic rings. The molecule has 0 spiro atoms. The number of hydrogen-bond acceptors (Lipinski definition) is 5. The molecule has 6 nitrogen and oxygen atoms in total. The fourth-order valence-electron chi connectivity index (χ4n) is 2.47. The smallest absolute Gasteiger partial charge is 0.251 e. The number of rotatable bonds is 5. The molecular weight excluding hydrogens is 246 g/mol. The van der Waals surface area contributed by atoms with Crippen LogP contribution in [0.25, 0.3) is 0 Å². The molecule has 1 amide bonds. The summed E-state index contributed by atoms with van der Waals surface area (Å²) in [6.45, 7) is 7.39. The first-order chi connectivity index (χ1) is 9.31. The molecule has 0 bridgehead atoms. The van der Waals surface area contributed by atoms with Gasteiger partial charge in [0, 0.05) is 45.5 Å². The first kappa shape index (κ1) is 14.3. The van der Waals surface area contributed by atoms with Gasteiger partial charge in [-0.05, 0) is 19.8 Å². The fraction of sp³-hybridized carbons (Fsp3) is 0.846. The topological polar surface area (TPSA) is 54.4 Å². The molecule has 0 aromatic heterocycles. The van der Waals surface area contributed by atoms with Crippen molar-refractivity contribution in [2.24, 2.45) is 5.16 Å². The van der Waals surface area contributed by atoms with Crippen LogP contribution in [0.3, 0.4) is 0 Å². The minimum atomic E-state index is -0.186. The van der Waals surface area contributed by atoms with Crippen LogP contribution in [0.4, 0.5) is 0 Å². The van der Waals surface area contributed by atoms with Gasteiger partial charge in [-0.3, -0.25) is 9.69 Å². The van der Waals surface area contributed by atoms with E-state index in [1.165, 1.54) is 0 Å². The van der Waals surface area contributed by atoms with Crippen LogP contribution in [0.15, 0.2) is 5.16 Å². The Balaban J connectivity index is 1.65. The number of piperazine rings is 1. The maximum atomic E-state index is 12.1. The van der Waals surface area contributed by atoms with E-state index < -0.39 is 0 Å². The summed E-state index contributed by atoms with van der Waals surface area (Å²) in [6.07, 6.45) is 3.33. The first-order valence-corrected chi connectivity index (χ1v) is 7.04. The predicted octanol–water partition coefficient (Wildman–Crippen LogP) is 0.332. The second-order valence-corrected chi connectivity index (χ2v) is 4.87. The predicted molar refractivity (Wildman–Crippen MR) is 72.1 cm³/mol. The molecule has 2 rings (SSSR count). The number of ether oxygens (including phenoxy) is 1. The molecule has 2 heterocycles. The van der Waals surface area contributed by atoms with Crippen LogP contribution in [0.5, 0.6) is 0 Å². The molecule has 0 N–H and O–H groups in total. The summed E-state index contributed by atoms with van der Waals surface area (Å²) >= 11 is 0. The van der Waals surface area contributed by atoms with E-state index in [4.69, 9.17) is 9.57 Å². The van der Waals surface area contributed by atoms with Crippen molar-refractivity contribution < 1.29 is 14.4 Å². The zero-order valence-corrected chi connectivity index (χ0v) is 11.6. The molecule has 0 saturated carbocycles. The van der Waals surface area contributed by atoms with Gasteiger partial charge in [-0.2, -0.15) is 0 Å². The average molecular weight is 269 g/mol. The second kappa shape index (κ2) is 7.45. The SMILES string of the molecule is C/C=N/OCCN1CCN(C(=O)C2CCCO2)CC1. The largest absolute Gasteiger partial charge is 0.395 e. The lowest BCUT2D eigenvalue weighted by Crippen LogP contribution is -2.51. The molecule has 1 atom stereocenters. The molecule has 0 aliphatic carbocycles. The van der Waals surface area contributed by atoms with E-state index in [-0.39, 0.29) is 12.0 Å². The van der Waals surface area contributed by atoms with Crippen molar-refractivity contribution in [2.45, 2.75) is 25.9 Å². The molecule has 2 saturated heterocycles. The van der Waals surface area contributed by atoms with E-state index in [1.54, 1.807) is 6.21 Å². The normalized spacial score (nSPS) is 25.1. The summed E-state index contributed by atoms with van der Waals surface area (Å²) in [6, 6.07) is 0. The van der Waals surface area contributed by atoms with Crippen LogP contribution < -0.4 is 0 Å². The number of hydrogen-bond donors (Lipinski definition) is 0. The Morgan fingerprint density at radius 3 is 2.84 bits per heavy atom. The van der Waals surface area contributed by atoms with Crippen LogP contribution in [0.1, 0.15) is 19.8 Å². The minimum Gasteiger partial charge on any atom is -0.395 e. The number of oxime groups is 1. The zero-order chi connectivity index (χ0) is 13.5. The van der Waals surface area contributed by atoms with Crippen molar-refractivity contribution in [3.8, 4) is 0 Å². The highest BCUT2D eigenvalue weighted by Gasteiger charge is 2.30. The highest BCUT2D eigenvalue weighted by atomic mass is 16.6.